The van der Waals surface area contributed by atoms with E-state index < -0.39 is 0 Å². The average molecular weight is 375 g/mol. The molecule has 1 amide bonds. The minimum atomic E-state index is -0.371. The maximum absolute atomic E-state index is 13.1. The van der Waals surface area contributed by atoms with E-state index in [2.05, 4.69) is 26.0 Å². The van der Waals surface area contributed by atoms with Crippen LogP contribution >= 0.6 is 0 Å². The molecule has 28 heavy (non-hydrogen) atoms. The fraction of sp³-hybridized carbons (Fsp3) is 0.200. The van der Waals surface area contributed by atoms with Crippen molar-refractivity contribution in [3.63, 3.8) is 0 Å². The lowest BCUT2D eigenvalue weighted by molar-refractivity contribution is 0.0772. The molecule has 0 aliphatic carbocycles. The average Bonchev–Trinajstić information content (AvgIpc) is 3.29. The molecule has 8 heteroatoms. The van der Waals surface area contributed by atoms with Crippen molar-refractivity contribution in [3.8, 4) is 0 Å². The van der Waals surface area contributed by atoms with Gasteiger partial charge in [0, 0.05) is 36.4 Å². The molecule has 4 aromatic heterocycles. The number of aryl methyl sites for hydroxylation is 1. The summed E-state index contributed by atoms with van der Waals surface area (Å²) >= 11 is 0. The molecule has 0 radical (unpaired) electrons. The van der Waals surface area contributed by atoms with Gasteiger partial charge in [0.1, 0.15) is 16.8 Å². The Hall–Kier alpha value is -3.68. The number of hydrogen-bond donors (Lipinski definition) is 2. The number of carbonyl (C=O) groups is 1. The van der Waals surface area contributed by atoms with Crippen LogP contribution in [0.15, 0.2) is 46.1 Å². The Morgan fingerprint density at radius 2 is 2.18 bits per heavy atom. The number of rotatable bonds is 2. The van der Waals surface area contributed by atoms with Crippen LogP contribution in [0.3, 0.4) is 0 Å². The van der Waals surface area contributed by atoms with Crippen molar-refractivity contribution in [2.45, 2.75) is 13.3 Å². The van der Waals surface area contributed by atoms with Crippen LogP contribution in [0.1, 0.15) is 28.1 Å². The lowest BCUT2D eigenvalue weighted by Crippen LogP contribution is -2.35. The van der Waals surface area contributed by atoms with Gasteiger partial charge in [-0.05, 0) is 31.1 Å². The van der Waals surface area contributed by atoms with E-state index in [0.29, 0.717) is 18.8 Å². The first-order chi connectivity index (χ1) is 13.6. The molecule has 0 saturated carbocycles. The minimum absolute atomic E-state index is 0.184. The topological polar surface area (TPSA) is 108 Å². The molecule has 0 aromatic carbocycles. The normalized spacial score (nSPS) is 14.6. The number of pyridine rings is 1. The number of nitrogens with zero attached hydrogens (tertiary/aromatic N) is 3. The monoisotopic (exact) mass is 375 g/mol. The highest BCUT2D eigenvalue weighted by atomic mass is 16.3. The maximum atomic E-state index is 13.1. The number of aromatic nitrogens is 4. The first-order valence-electron chi connectivity index (χ1n) is 9.01. The summed E-state index contributed by atoms with van der Waals surface area (Å²) < 4.78 is 5.51. The summed E-state index contributed by atoms with van der Waals surface area (Å²) in [6.07, 6.45) is 7.76. The van der Waals surface area contributed by atoms with E-state index in [1.807, 2.05) is 18.3 Å². The van der Waals surface area contributed by atoms with Gasteiger partial charge in [-0.3, -0.25) is 9.59 Å². The second-order valence-corrected chi connectivity index (χ2v) is 6.78. The third-order valence-corrected chi connectivity index (χ3v) is 5.18. The Balaban J connectivity index is 1.47. The van der Waals surface area contributed by atoms with E-state index in [1.165, 1.54) is 11.9 Å². The molecule has 0 unspecified atom stereocenters. The first kappa shape index (κ1) is 16.5. The van der Waals surface area contributed by atoms with E-state index >= 15 is 0 Å². The van der Waals surface area contributed by atoms with Crippen LogP contribution in [0.4, 0.5) is 0 Å². The van der Waals surface area contributed by atoms with Gasteiger partial charge in [0.05, 0.1) is 11.9 Å². The molecule has 0 atom stereocenters. The second kappa shape index (κ2) is 6.19. The summed E-state index contributed by atoms with van der Waals surface area (Å²) in [6, 6.07) is 3.95. The van der Waals surface area contributed by atoms with Gasteiger partial charge in [-0.25, -0.2) is 9.97 Å². The van der Waals surface area contributed by atoms with E-state index in [4.69, 9.17) is 4.42 Å². The molecule has 1 aliphatic heterocycles. The van der Waals surface area contributed by atoms with Gasteiger partial charge in [-0.15, -0.1) is 0 Å². The fourth-order valence-electron chi connectivity index (χ4n) is 3.79. The number of amides is 1. The van der Waals surface area contributed by atoms with Crippen molar-refractivity contribution >= 4 is 33.6 Å². The molecule has 140 valence electrons. The van der Waals surface area contributed by atoms with Crippen molar-refractivity contribution in [3.05, 3.63) is 64.2 Å². The number of nitrogens with one attached hydrogen (secondary N) is 2. The number of furan rings is 1. The Bertz CT molecular complexity index is 1310. The predicted octanol–water partition coefficient (Wildman–Crippen LogP) is 2.63. The summed E-state index contributed by atoms with van der Waals surface area (Å²) in [5.74, 6) is 0.187. The molecule has 5 heterocycles. The molecule has 4 aromatic rings. The SMILES string of the molecule is Cc1oc2nc[nH]c(=O)c2c1C(=O)N1CC=C(c2c[nH]c3ncccc23)CC1. The summed E-state index contributed by atoms with van der Waals surface area (Å²) in [4.78, 5) is 41.0. The lowest BCUT2D eigenvalue weighted by atomic mass is 9.99. The molecule has 1 aliphatic rings. The maximum Gasteiger partial charge on any atom is 0.262 e. The van der Waals surface area contributed by atoms with Crippen molar-refractivity contribution in [2.24, 2.45) is 0 Å². The Morgan fingerprint density at radius 3 is 3.00 bits per heavy atom. The zero-order valence-electron chi connectivity index (χ0n) is 15.2. The minimum Gasteiger partial charge on any atom is -0.442 e. The van der Waals surface area contributed by atoms with E-state index in [9.17, 15) is 9.59 Å². The molecule has 2 N–H and O–H groups in total. The van der Waals surface area contributed by atoms with Gasteiger partial charge < -0.3 is 19.3 Å². The fourth-order valence-corrected chi connectivity index (χ4v) is 3.79. The van der Waals surface area contributed by atoms with Crippen LogP contribution in [0.2, 0.25) is 0 Å². The predicted molar refractivity (Wildman–Crippen MR) is 104 cm³/mol. The van der Waals surface area contributed by atoms with Crippen molar-refractivity contribution in [2.75, 3.05) is 13.1 Å². The molecule has 0 fully saturated rings. The van der Waals surface area contributed by atoms with Crippen molar-refractivity contribution in [1.29, 1.82) is 0 Å². The third-order valence-electron chi connectivity index (χ3n) is 5.18. The summed E-state index contributed by atoms with van der Waals surface area (Å²) in [5, 5.41) is 1.28. The zero-order chi connectivity index (χ0) is 19.3. The molecule has 0 spiro atoms. The standard InChI is InChI=1S/C20H17N5O3/c1-11-15(16-18(26)23-10-24-19(16)28-11)20(27)25-7-4-12(5-8-25)14-9-22-17-13(14)3-2-6-21-17/h2-4,6,9-10H,5,7-8H2,1H3,(H,21,22)(H,23,24,26). The highest BCUT2D eigenvalue weighted by Gasteiger charge is 2.27. The van der Waals surface area contributed by atoms with Gasteiger partial charge >= 0.3 is 0 Å². The van der Waals surface area contributed by atoms with Crippen LogP contribution < -0.4 is 5.56 Å². The summed E-state index contributed by atoms with van der Waals surface area (Å²) in [6.45, 7) is 2.70. The second-order valence-electron chi connectivity index (χ2n) is 6.78. The van der Waals surface area contributed by atoms with Gasteiger partial charge in [0.25, 0.3) is 11.5 Å². The van der Waals surface area contributed by atoms with Crippen LogP contribution in [0.25, 0.3) is 27.7 Å². The smallest absolute Gasteiger partial charge is 0.262 e. The molecule has 5 rings (SSSR count). The third kappa shape index (κ3) is 2.45. The highest BCUT2D eigenvalue weighted by Crippen LogP contribution is 2.30. The summed E-state index contributed by atoms with van der Waals surface area (Å²) in [7, 11) is 0. The van der Waals surface area contributed by atoms with Gasteiger partial charge in [-0.2, -0.15) is 0 Å². The molecule has 0 bridgehead atoms. The zero-order valence-corrected chi connectivity index (χ0v) is 15.2. The quantitative estimate of drug-likeness (QED) is 0.560. The number of fused-ring (bicyclic) bond motifs is 2. The number of aromatic amines is 2. The molecule has 0 saturated heterocycles. The Kier molecular flexibility index (Phi) is 3.65. The van der Waals surface area contributed by atoms with Gasteiger partial charge in [0.15, 0.2) is 0 Å². The van der Waals surface area contributed by atoms with Gasteiger partial charge in [-0.1, -0.05) is 6.08 Å². The summed E-state index contributed by atoms with van der Waals surface area (Å²) in [5.41, 5.74) is 3.24. The lowest BCUT2D eigenvalue weighted by Gasteiger charge is -2.26. The van der Waals surface area contributed by atoms with Crippen molar-refractivity contribution in [1.82, 2.24) is 24.8 Å². The highest BCUT2D eigenvalue weighted by molar-refractivity contribution is 6.06. The molecule has 8 nitrogen and oxygen atoms in total. The Labute approximate surface area is 158 Å². The first-order valence-corrected chi connectivity index (χ1v) is 9.01. The van der Waals surface area contributed by atoms with E-state index in [0.717, 1.165) is 23.0 Å². The number of H-pyrrole nitrogens is 2. The molecular formula is C20H17N5O3. The van der Waals surface area contributed by atoms with Crippen LogP contribution in [0.5, 0.6) is 0 Å². The van der Waals surface area contributed by atoms with E-state index in [1.54, 1.807) is 18.0 Å². The number of carbonyl (C=O) groups excluding carboxylic acids is 1. The number of hydrogen-bond acceptors (Lipinski definition) is 5. The largest absolute Gasteiger partial charge is 0.442 e. The van der Waals surface area contributed by atoms with Crippen LogP contribution in [-0.4, -0.2) is 43.8 Å². The van der Waals surface area contributed by atoms with Crippen LogP contribution in [0, 0.1) is 6.92 Å². The van der Waals surface area contributed by atoms with Gasteiger partial charge in [0.2, 0.25) is 5.71 Å². The van der Waals surface area contributed by atoms with Crippen molar-refractivity contribution < 1.29 is 9.21 Å². The van der Waals surface area contributed by atoms with Crippen LogP contribution in [-0.2, 0) is 0 Å². The molecular weight excluding hydrogens is 358 g/mol. The van der Waals surface area contributed by atoms with E-state index in [-0.39, 0.29) is 28.1 Å². The Morgan fingerprint density at radius 1 is 1.29 bits per heavy atom.